The first-order chi connectivity index (χ1) is 6.31. The minimum atomic E-state index is 0.569. The number of rotatable bonds is 7. The zero-order valence-corrected chi connectivity index (χ0v) is 7.95. The van der Waals surface area contributed by atoms with Gasteiger partial charge in [-0.05, 0) is 12.8 Å². The molecule has 0 aliphatic heterocycles. The number of nitrogens with zero attached hydrogens (tertiary/aromatic N) is 2. The Morgan fingerprint density at radius 3 is 2.46 bits per heavy atom. The van der Waals surface area contributed by atoms with Crippen molar-refractivity contribution < 1.29 is 14.2 Å². The van der Waals surface area contributed by atoms with Crippen LogP contribution in [0.5, 0.6) is 0 Å². The highest BCUT2D eigenvalue weighted by atomic mass is 16.1. The minimum Gasteiger partial charge on any atom is -0.211 e. The Morgan fingerprint density at radius 1 is 1.15 bits per heavy atom. The van der Waals surface area contributed by atoms with Gasteiger partial charge in [-0.3, -0.25) is 0 Å². The minimum absolute atomic E-state index is 0.569. The third-order valence-electron chi connectivity index (χ3n) is 1.73. The summed E-state index contributed by atoms with van der Waals surface area (Å²) in [6, 6.07) is 0. The highest BCUT2D eigenvalue weighted by Gasteiger charge is 1.95. The van der Waals surface area contributed by atoms with E-state index in [9.17, 15) is 9.59 Å². The first kappa shape index (κ1) is 11.8. The van der Waals surface area contributed by atoms with Crippen LogP contribution in [0.1, 0.15) is 25.7 Å². The number of carbonyl (C=O) groups excluding carboxylic acids is 2. The van der Waals surface area contributed by atoms with Crippen molar-refractivity contribution in [1.29, 1.82) is 0 Å². The largest absolute Gasteiger partial charge is 0.423 e. The van der Waals surface area contributed by atoms with Crippen LogP contribution in [-0.2, 0) is 9.59 Å². The van der Waals surface area contributed by atoms with Crippen LogP contribution in [0.15, 0.2) is 4.99 Å². The van der Waals surface area contributed by atoms with Gasteiger partial charge in [-0.15, -0.1) is 0 Å². The van der Waals surface area contributed by atoms with Crippen molar-refractivity contribution in [2.75, 3.05) is 20.1 Å². The van der Waals surface area contributed by atoms with E-state index in [0.29, 0.717) is 6.54 Å². The van der Waals surface area contributed by atoms with Gasteiger partial charge < -0.3 is 0 Å². The second-order valence-electron chi connectivity index (χ2n) is 2.90. The van der Waals surface area contributed by atoms with Crippen molar-refractivity contribution >= 4 is 12.2 Å². The lowest BCUT2D eigenvalue weighted by Crippen LogP contribution is -2.05. The van der Waals surface area contributed by atoms with Crippen LogP contribution in [-0.4, -0.2) is 36.9 Å². The van der Waals surface area contributed by atoms with E-state index in [0.717, 1.165) is 32.2 Å². The van der Waals surface area contributed by atoms with Gasteiger partial charge in [0.2, 0.25) is 6.08 Å². The molecule has 72 valence electrons. The molecule has 0 aromatic carbocycles. The zero-order chi connectivity index (χ0) is 9.94. The summed E-state index contributed by atoms with van der Waals surface area (Å²) in [4.78, 5) is 23.2. The summed E-state index contributed by atoms with van der Waals surface area (Å²) in [5.41, 5.74) is 0. The average Bonchev–Trinajstić information content (AvgIpc) is 2.16. The molecule has 4 heteroatoms. The molecule has 0 aromatic rings. The quantitative estimate of drug-likeness (QED) is 0.254. The molecule has 13 heavy (non-hydrogen) atoms. The van der Waals surface area contributed by atoms with Crippen LogP contribution < -0.4 is 0 Å². The predicted octanol–water partition coefficient (Wildman–Crippen LogP) is 0.861. The van der Waals surface area contributed by atoms with E-state index in [1.54, 1.807) is 13.1 Å². The van der Waals surface area contributed by atoms with E-state index in [4.69, 9.17) is 0 Å². The van der Waals surface area contributed by atoms with E-state index in [2.05, 4.69) is 4.99 Å². The Labute approximate surface area is 78.0 Å². The Hall–Kier alpha value is -1.24. The maximum atomic E-state index is 10.1. The lowest BCUT2D eigenvalue weighted by atomic mass is 10.2. The maximum Gasteiger partial charge on any atom is 0.423 e. The molecule has 0 aromatic heterocycles. The van der Waals surface area contributed by atoms with Crippen molar-refractivity contribution in [1.82, 2.24) is 0 Å². The molecular weight excluding hydrogens is 168 g/mol. The Bertz CT molecular complexity index is 226. The second kappa shape index (κ2) is 8.85. The van der Waals surface area contributed by atoms with Gasteiger partial charge in [0.05, 0.1) is 6.54 Å². The van der Waals surface area contributed by atoms with E-state index in [1.165, 1.54) is 10.7 Å². The summed E-state index contributed by atoms with van der Waals surface area (Å²) in [5.74, 6) is 0. The van der Waals surface area contributed by atoms with Gasteiger partial charge in [0, 0.05) is 6.42 Å². The van der Waals surface area contributed by atoms with Crippen LogP contribution in [0, 0.1) is 0 Å². The molecule has 0 spiro atoms. The van der Waals surface area contributed by atoms with Crippen LogP contribution in [0.4, 0.5) is 0 Å². The smallest absolute Gasteiger partial charge is 0.211 e. The van der Waals surface area contributed by atoms with Crippen molar-refractivity contribution in [3.8, 4) is 0 Å². The highest BCUT2D eigenvalue weighted by molar-refractivity contribution is 5.32. The molecule has 0 bridgehead atoms. The lowest BCUT2D eigenvalue weighted by molar-refractivity contribution is -0.494. The van der Waals surface area contributed by atoms with Gasteiger partial charge in [-0.2, -0.15) is 9.37 Å². The number of unbranched alkanes of at least 4 members (excludes halogenated alkanes) is 3. The third-order valence-corrected chi connectivity index (χ3v) is 1.73. The molecule has 0 aliphatic carbocycles. The van der Waals surface area contributed by atoms with E-state index >= 15 is 0 Å². The molecule has 0 aliphatic rings. The predicted molar refractivity (Wildman–Crippen MR) is 48.2 cm³/mol. The molecular formula is C9H15N2O2+. The van der Waals surface area contributed by atoms with Crippen molar-refractivity contribution in [3.63, 3.8) is 0 Å². The fourth-order valence-corrected chi connectivity index (χ4v) is 0.985. The van der Waals surface area contributed by atoms with Gasteiger partial charge in [0.1, 0.15) is 7.05 Å². The SMILES string of the molecule is C[N+](=C=O)CCCCCCN=C=O. The summed E-state index contributed by atoms with van der Waals surface area (Å²) in [6.45, 7) is 1.32. The van der Waals surface area contributed by atoms with Crippen LogP contribution in [0.2, 0.25) is 0 Å². The molecule has 4 nitrogen and oxygen atoms in total. The zero-order valence-electron chi connectivity index (χ0n) is 7.95. The van der Waals surface area contributed by atoms with Crippen molar-refractivity contribution in [3.05, 3.63) is 0 Å². The molecule has 0 heterocycles. The Kier molecular flexibility index (Phi) is 8.01. The van der Waals surface area contributed by atoms with Gasteiger partial charge in [-0.1, -0.05) is 6.42 Å². The molecule has 0 N–H and O–H groups in total. The monoisotopic (exact) mass is 183 g/mol. The summed E-state index contributed by atoms with van der Waals surface area (Å²) in [6.07, 6.45) is 7.29. The van der Waals surface area contributed by atoms with Gasteiger partial charge in [0.25, 0.3) is 0 Å². The number of isocyanates is 2. The van der Waals surface area contributed by atoms with E-state index < -0.39 is 0 Å². The van der Waals surface area contributed by atoms with Crippen LogP contribution in [0.3, 0.4) is 0 Å². The highest BCUT2D eigenvalue weighted by Crippen LogP contribution is 1.99. The lowest BCUT2D eigenvalue weighted by Gasteiger charge is -1.94. The number of hydrogen-bond acceptors (Lipinski definition) is 3. The van der Waals surface area contributed by atoms with Crippen molar-refractivity contribution in [2.45, 2.75) is 25.7 Å². The second-order valence-corrected chi connectivity index (χ2v) is 2.90. The summed E-state index contributed by atoms with van der Waals surface area (Å²) in [5, 5.41) is 0. The Balaban J connectivity index is 3.17. The molecule has 0 unspecified atom stereocenters. The Morgan fingerprint density at radius 2 is 1.85 bits per heavy atom. The molecule has 0 fully saturated rings. The first-order valence-electron chi connectivity index (χ1n) is 4.44. The topological polar surface area (TPSA) is 49.5 Å². The third kappa shape index (κ3) is 8.67. The molecule has 0 saturated carbocycles. The molecule has 0 atom stereocenters. The fraction of sp³-hybridized carbons (Fsp3) is 0.778. The maximum absolute atomic E-state index is 10.1. The van der Waals surface area contributed by atoms with E-state index in [1.807, 2.05) is 0 Å². The molecule has 0 amide bonds. The first-order valence-corrected chi connectivity index (χ1v) is 4.44. The van der Waals surface area contributed by atoms with Crippen molar-refractivity contribution in [2.24, 2.45) is 4.99 Å². The van der Waals surface area contributed by atoms with E-state index in [-0.39, 0.29) is 0 Å². The number of hydrogen-bond donors (Lipinski definition) is 0. The number of aliphatic imine (C=N–C) groups is 1. The molecule has 0 radical (unpaired) electrons. The average molecular weight is 183 g/mol. The van der Waals surface area contributed by atoms with Gasteiger partial charge >= 0.3 is 6.08 Å². The fourth-order valence-electron chi connectivity index (χ4n) is 0.985. The summed E-state index contributed by atoms with van der Waals surface area (Å²) < 4.78 is 1.50. The molecule has 0 rings (SSSR count). The van der Waals surface area contributed by atoms with Gasteiger partial charge in [-0.25, -0.2) is 9.79 Å². The van der Waals surface area contributed by atoms with Crippen LogP contribution in [0.25, 0.3) is 0 Å². The van der Waals surface area contributed by atoms with Gasteiger partial charge in [0.15, 0.2) is 6.54 Å². The summed E-state index contributed by atoms with van der Waals surface area (Å²) >= 11 is 0. The normalized spacial score (nSPS) is 8.69. The molecule has 0 saturated heterocycles. The summed E-state index contributed by atoms with van der Waals surface area (Å²) in [7, 11) is 1.71. The standard InChI is InChI=1S/C9H15N2O2/c1-11(9-13)7-5-3-2-4-6-10-8-12/h2-7H2,1H3/q+1. The van der Waals surface area contributed by atoms with Crippen LogP contribution >= 0.6 is 0 Å².